The molecule has 0 aromatic heterocycles. The van der Waals surface area contributed by atoms with Gasteiger partial charge in [0.25, 0.3) is 17.3 Å². The molecule has 1 saturated heterocycles. The van der Waals surface area contributed by atoms with Crippen LogP contribution < -0.4 is 9.47 Å². The van der Waals surface area contributed by atoms with Crippen molar-refractivity contribution in [2.75, 3.05) is 7.11 Å². The van der Waals surface area contributed by atoms with Gasteiger partial charge < -0.3 is 117 Å². The molecule has 2 heterocycles. The van der Waals surface area contributed by atoms with Gasteiger partial charge in [-0.3, -0.25) is 4.79 Å². The fraction of sp³-hybridized carbons (Fsp3) is 0.632. The molecule has 44 heavy (non-hydrogen) atoms. The topological polar surface area (TPSA) is 464 Å². The Hall–Kier alpha value is -2.71. The molecule has 1 fully saturated rings. The van der Waals surface area contributed by atoms with Crippen LogP contribution in [-0.4, -0.2) is 166 Å². The first-order valence-corrected chi connectivity index (χ1v) is 11.2. The zero-order valence-electron chi connectivity index (χ0n) is 21.3. The van der Waals surface area contributed by atoms with E-state index in [0.717, 1.165) is 0 Å². The van der Waals surface area contributed by atoms with E-state index >= 15 is 0 Å². The van der Waals surface area contributed by atoms with E-state index in [9.17, 15) is 112 Å². The molecule has 0 amide bonds. The van der Waals surface area contributed by atoms with E-state index in [2.05, 4.69) is 9.47 Å². The van der Waals surface area contributed by atoms with Crippen LogP contribution in [0.1, 0.15) is 17.5 Å². The third-order valence-corrected chi connectivity index (χ3v) is 7.07. The summed E-state index contributed by atoms with van der Waals surface area (Å²) in [6.45, 7) is 0. The highest BCUT2D eigenvalue weighted by Crippen LogP contribution is 2.64. The summed E-state index contributed by atoms with van der Waals surface area (Å²) in [5, 5.41) is 213. The molecule has 252 valence electrons. The molecule has 0 saturated carbocycles. The number of carbonyl (C=O) groups is 1. The van der Waals surface area contributed by atoms with Gasteiger partial charge in [-0.2, -0.15) is 4.90 Å². The number of hydrogen-bond donors (Lipinski definition) is 21. The number of fused-ring (bicyclic) bond motifs is 3. The van der Waals surface area contributed by atoms with Crippen LogP contribution in [0, 0.1) is 5.92 Å². The molecule has 1 aromatic rings. The van der Waals surface area contributed by atoms with Crippen molar-refractivity contribution in [2.24, 2.45) is 5.92 Å². The molecular formula is C19H27NO24. The number of Topliss-reactive ketones (excluding diaryl/α,β-unsaturated/α-hetero) is 1. The highest BCUT2D eigenvalue weighted by molar-refractivity contribution is 5.86. The average molecular weight is 653 g/mol. The van der Waals surface area contributed by atoms with Gasteiger partial charge >= 0.3 is 18.1 Å². The molecule has 2 atom stereocenters. The predicted molar refractivity (Wildman–Crippen MR) is 117 cm³/mol. The molecule has 25 heteroatoms. The second-order valence-corrected chi connectivity index (χ2v) is 9.92. The maximum Gasteiger partial charge on any atom is 0.453 e. The molecule has 0 aliphatic carbocycles. The lowest BCUT2D eigenvalue weighted by Crippen LogP contribution is -2.88. The van der Waals surface area contributed by atoms with Crippen molar-refractivity contribution in [3.8, 4) is 23.0 Å². The number of hydrogen-bond acceptors (Lipinski definition) is 25. The molecule has 1 aromatic carbocycles. The van der Waals surface area contributed by atoms with E-state index in [1.807, 2.05) is 0 Å². The normalized spacial score (nSPS) is 25.7. The van der Waals surface area contributed by atoms with Crippen LogP contribution in [0.3, 0.4) is 0 Å². The highest BCUT2D eigenvalue weighted by atomic mass is 16.9. The van der Waals surface area contributed by atoms with E-state index in [1.54, 1.807) is 0 Å². The van der Waals surface area contributed by atoms with E-state index in [4.69, 9.17) is 0 Å². The van der Waals surface area contributed by atoms with Gasteiger partial charge in [-0.25, -0.2) is 0 Å². The Morgan fingerprint density at radius 2 is 1.16 bits per heavy atom. The molecular weight excluding hydrogens is 626 g/mol. The molecule has 0 bridgehead atoms. The second-order valence-electron chi connectivity index (χ2n) is 9.92. The Labute approximate surface area is 239 Å². The quantitative estimate of drug-likeness (QED) is 0.0959. The highest BCUT2D eigenvalue weighted by Gasteiger charge is 2.84. The van der Waals surface area contributed by atoms with E-state index in [1.165, 1.54) is 0 Å². The third kappa shape index (κ3) is 4.33. The monoisotopic (exact) mass is 653 g/mol. The van der Waals surface area contributed by atoms with Crippen LogP contribution in [0.5, 0.6) is 23.0 Å². The van der Waals surface area contributed by atoms with Gasteiger partial charge in [0.05, 0.1) is 24.7 Å². The smallest absolute Gasteiger partial charge is 0.453 e. The largest absolute Gasteiger partial charge is 0.504 e. The summed E-state index contributed by atoms with van der Waals surface area (Å²) in [6.07, 6.45) is -6.53. The first-order valence-electron chi connectivity index (χ1n) is 11.2. The van der Waals surface area contributed by atoms with Gasteiger partial charge in [0.2, 0.25) is 23.2 Å². The number of ketones is 1. The molecule has 0 radical (unpaired) electrons. The first-order chi connectivity index (χ1) is 19.2. The number of phenolic OH excluding ortho intramolecular Hbond substituents is 2. The summed E-state index contributed by atoms with van der Waals surface area (Å²) in [5.41, 5.74) is -13.6. The van der Waals surface area contributed by atoms with Gasteiger partial charge in [-0.05, 0) is 0 Å². The van der Waals surface area contributed by atoms with Crippen LogP contribution in [0.4, 0.5) is 0 Å². The predicted octanol–water partition coefficient (Wildman–Crippen LogP) is -11.8. The number of ether oxygens (including phenoxy) is 2. The van der Waals surface area contributed by atoms with Crippen molar-refractivity contribution in [1.29, 1.82) is 0 Å². The van der Waals surface area contributed by atoms with E-state index < -0.39 is 110 Å². The summed E-state index contributed by atoms with van der Waals surface area (Å²) in [6, 6.07) is 0. The number of nitrogens with zero attached hydrogens (tertiary/aromatic N) is 1. The molecule has 25 nitrogen and oxygen atoms in total. The van der Waals surface area contributed by atoms with Crippen molar-refractivity contribution in [1.82, 2.24) is 4.90 Å². The zero-order chi connectivity index (χ0) is 34.8. The van der Waals surface area contributed by atoms with Crippen LogP contribution >= 0.6 is 0 Å². The zero-order valence-corrected chi connectivity index (χ0v) is 21.3. The maximum atomic E-state index is 13.2. The van der Waals surface area contributed by atoms with Gasteiger partial charge in [0.15, 0.2) is 23.0 Å². The minimum Gasteiger partial charge on any atom is -0.504 e. The number of phenols is 2. The van der Waals surface area contributed by atoms with Gasteiger partial charge in [0.1, 0.15) is 5.92 Å². The molecule has 21 N–H and O–H groups in total. The second kappa shape index (κ2) is 9.41. The van der Waals surface area contributed by atoms with Crippen LogP contribution in [0.15, 0.2) is 0 Å². The molecule has 3 rings (SSSR count). The average Bonchev–Trinajstić information content (AvgIpc) is 2.75. The molecule has 2 aliphatic heterocycles. The summed E-state index contributed by atoms with van der Waals surface area (Å²) in [4.78, 5) is 11.9. The number of carbonyl (C=O) groups excluding carboxylic acids is 1. The fourth-order valence-corrected chi connectivity index (χ4v) is 5.30. The fourth-order valence-electron chi connectivity index (χ4n) is 5.30. The number of aromatic hydroxyl groups is 2. The lowest BCUT2D eigenvalue weighted by molar-refractivity contribution is -0.567. The van der Waals surface area contributed by atoms with E-state index in [0.29, 0.717) is 7.11 Å². The summed E-state index contributed by atoms with van der Waals surface area (Å²) >= 11 is 0. The van der Waals surface area contributed by atoms with Crippen molar-refractivity contribution >= 4 is 5.78 Å². The first kappa shape index (κ1) is 35.8. The Balaban J connectivity index is 2.51. The molecule has 2 unspecified atom stereocenters. The van der Waals surface area contributed by atoms with Gasteiger partial charge in [-0.15, -0.1) is 0 Å². The minimum absolute atomic E-state index is 0.602. The van der Waals surface area contributed by atoms with Crippen LogP contribution in [0.25, 0.3) is 0 Å². The van der Waals surface area contributed by atoms with Gasteiger partial charge in [-0.1, -0.05) is 0 Å². The number of methoxy groups -OCH3 is 1. The van der Waals surface area contributed by atoms with Crippen molar-refractivity contribution < 1.29 is 122 Å². The van der Waals surface area contributed by atoms with E-state index in [-0.39, 0.29) is 0 Å². The number of benzene rings is 1. The molecule has 0 spiro atoms. The van der Waals surface area contributed by atoms with Gasteiger partial charge in [0, 0.05) is 0 Å². The third-order valence-electron chi connectivity index (χ3n) is 7.07. The number of rotatable bonds is 7. The number of aliphatic hydroxyl groups is 19. The Morgan fingerprint density at radius 3 is 1.55 bits per heavy atom. The summed E-state index contributed by atoms with van der Waals surface area (Å²) < 4.78 is 8.72. The van der Waals surface area contributed by atoms with Crippen molar-refractivity contribution in [3.05, 3.63) is 11.1 Å². The Bertz CT molecular complexity index is 1340. The lowest BCUT2D eigenvalue weighted by Gasteiger charge is -2.63. The standard InChI is InChI=1S/C19H27NO24/c1-43-8-7(23)5-4(6(22)9(8)44-19(40,41)42)11(24)2-3(21)10(14(29,30)20(11)16(32,33)12(5,25)26)13(27,28)15(31,17(34,35)36)18(37,38)39/h10,22-42H,2H2,1H3. The molecule has 2 aliphatic rings. The van der Waals surface area contributed by atoms with Crippen LogP contribution in [-0.2, 0) is 16.3 Å². The number of piperidine rings is 1. The van der Waals surface area contributed by atoms with Crippen LogP contribution in [0.2, 0.25) is 0 Å². The Morgan fingerprint density at radius 1 is 0.727 bits per heavy atom. The van der Waals surface area contributed by atoms with Crippen molar-refractivity contribution in [2.45, 2.75) is 59.2 Å². The minimum atomic E-state index is -5.57. The summed E-state index contributed by atoms with van der Waals surface area (Å²) in [7, 11) is 0.602. The summed E-state index contributed by atoms with van der Waals surface area (Å²) in [5.74, 6) is -44.7. The lowest BCUT2D eigenvalue weighted by atomic mass is 9.67. The maximum absolute atomic E-state index is 13.2. The SMILES string of the molecule is COc1c(O)c2c(c(O)c1OC(O)(O)O)C1(O)CC(=O)C(C(O)(O)C(O)(C(O)(O)O)C(O)(O)O)C(O)(O)N1C(O)(O)C2(O)O. The van der Waals surface area contributed by atoms with Crippen molar-refractivity contribution in [3.63, 3.8) is 0 Å². The Kier molecular flexibility index (Phi) is 7.65.